The molecule has 8 heteroatoms. The van der Waals surface area contributed by atoms with Crippen LogP contribution >= 0.6 is 11.6 Å². The molecule has 0 saturated carbocycles. The van der Waals surface area contributed by atoms with Crippen LogP contribution in [0.5, 0.6) is 6.01 Å². The van der Waals surface area contributed by atoms with Gasteiger partial charge in [0.1, 0.15) is 0 Å². The van der Waals surface area contributed by atoms with Crippen molar-refractivity contribution >= 4 is 17.3 Å². The van der Waals surface area contributed by atoms with E-state index >= 15 is 0 Å². The molecular formula is C13H12ClN3O4. The molecule has 1 heterocycles. The average Bonchev–Trinajstić information content (AvgIpc) is 2.41. The number of aromatic nitrogens is 2. The summed E-state index contributed by atoms with van der Waals surface area (Å²) in [5.41, 5.74) is 0.342. The molecule has 0 unspecified atom stereocenters. The van der Waals surface area contributed by atoms with Crippen molar-refractivity contribution in [1.29, 1.82) is 0 Å². The molecule has 0 saturated heterocycles. The highest BCUT2D eigenvalue weighted by Crippen LogP contribution is 2.24. The lowest BCUT2D eigenvalue weighted by Gasteiger charge is -2.11. The van der Waals surface area contributed by atoms with Crippen LogP contribution in [0.15, 0.2) is 29.1 Å². The highest BCUT2D eigenvalue weighted by molar-refractivity contribution is 6.30. The van der Waals surface area contributed by atoms with Gasteiger partial charge in [0.2, 0.25) is 0 Å². The van der Waals surface area contributed by atoms with Gasteiger partial charge in [0, 0.05) is 22.8 Å². The monoisotopic (exact) mass is 309 g/mol. The van der Waals surface area contributed by atoms with Crippen molar-refractivity contribution in [3.63, 3.8) is 0 Å². The summed E-state index contributed by atoms with van der Waals surface area (Å²) in [6.45, 7) is 1.61. The van der Waals surface area contributed by atoms with E-state index in [0.717, 1.165) is 0 Å². The Bertz CT molecular complexity index is 758. The highest BCUT2D eigenvalue weighted by Gasteiger charge is 2.17. The van der Waals surface area contributed by atoms with Crippen LogP contribution in [-0.2, 0) is 6.54 Å². The molecule has 7 nitrogen and oxygen atoms in total. The van der Waals surface area contributed by atoms with Gasteiger partial charge >= 0.3 is 0 Å². The predicted octanol–water partition coefficient (Wildman–Crippen LogP) is 2.17. The van der Waals surface area contributed by atoms with E-state index in [2.05, 4.69) is 4.98 Å². The number of benzene rings is 1. The first-order valence-electron chi connectivity index (χ1n) is 5.97. The van der Waals surface area contributed by atoms with Crippen molar-refractivity contribution in [2.24, 2.45) is 0 Å². The minimum absolute atomic E-state index is 0.0494. The summed E-state index contributed by atoms with van der Waals surface area (Å²) in [4.78, 5) is 26.6. The van der Waals surface area contributed by atoms with Crippen molar-refractivity contribution in [1.82, 2.24) is 9.55 Å². The summed E-state index contributed by atoms with van der Waals surface area (Å²) in [7, 11) is 1.38. The minimum atomic E-state index is -0.523. The number of aryl methyl sites for hydroxylation is 1. The van der Waals surface area contributed by atoms with Gasteiger partial charge in [0.25, 0.3) is 17.3 Å². The van der Waals surface area contributed by atoms with Gasteiger partial charge in [-0.1, -0.05) is 11.6 Å². The van der Waals surface area contributed by atoms with Gasteiger partial charge in [0.05, 0.1) is 24.1 Å². The number of hydrogen-bond donors (Lipinski definition) is 0. The number of rotatable bonds is 4. The smallest absolute Gasteiger partial charge is 0.299 e. The molecular weight excluding hydrogens is 298 g/mol. The standard InChI is InChI=1S/C13H12ClN3O4/c1-8-5-12(18)16(13(15-8)21-2)7-9-6-10(14)3-4-11(9)17(19)20/h3-6H,7H2,1-2H3. The number of ether oxygens (including phenoxy) is 1. The molecule has 0 amide bonds. The molecule has 2 rings (SSSR count). The normalized spacial score (nSPS) is 10.4. The van der Waals surface area contributed by atoms with Crippen molar-refractivity contribution in [3.05, 3.63) is 61.0 Å². The molecule has 110 valence electrons. The van der Waals surface area contributed by atoms with Crippen molar-refractivity contribution in [3.8, 4) is 6.01 Å². The lowest BCUT2D eigenvalue weighted by molar-refractivity contribution is -0.385. The Morgan fingerprint density at radius 2 is 2.14 bits per heavy atom. The third kappa shape index (κ3) is 3.19. The van der Waals surface area contributed by atoms with E-state index in [-0.39, 0.29) is 23.8 Å². The summed E-state index contributed by atoms with van der Waals surface area (Å²) in [5, 5.41) is 11.4. The molecule has 0 atom stereocenters. The largest absolute Gasteiger partial charge is 0.468 e. The van der Waals surface area contributed by atoms with Crippen molar-refractivity contribution in [2.45, 2.75) is 13.5 Å². The number of methoxy groups -OCH3 is 1. The zero-order chi connectivity index (χ0) is 15.6. The Morgan fingerprint density at radius 3 is 2.76 bits per heavy atom. The second kappa shape index (κ2) is 5.92. The Hall–Kier alpha value is -2.41. The van der Waals surface area contributed by atoms with E-state index in [4.69, 9.17) is 16.3 Å². The topological polar surface area (TPSA) is 87.3 Å². The SMILES string of the molecule is COc1nc(C)cc(=O)n1Cc1cc(Cl)ccc1[N+](=O)[O-]. The zero-order valence-corrected chi connectivity index (χ0v) is 12.1. The van der Waals surface area contributed by atoms with Gasteiger partial charge in [-0.15, -0.1) is 0 Å². The third-order valence-corrected chi connectivity index (χ3v) is 3.09. The van der Waals surface area contributed by atoms with Crippen LogP contribution in [0.2, 0.25) is 5.02 Å². The zero-order valence-electron chi connectivity index (χ0n) is 11.4. The first kappa shape index (κ1) is 15.0. The molecule has 0 aliphatic rings. The summed E-state index contributed by atoms with van der Waals surface area (Å²) in [6.07, 6.45) is 0. The molecule has 0 radical (unpaired) electrons. The first-order valence-corrected chi connectivity index (χ1v) is 6.35. The van der Waals surface area contributed by atoms with Crippen LogP contribution in [0.1, 0.15) is 11.3 Å². The minimum Gasteiger partial charge on any atom is -0.468 e. The van der Waals surface area contributed by atoms with E-state index in [9.17, 15) is 14.9 Å². The molecule has 1 aromatic carbocycles. The number of nitro groups is 1. The fraction of sp³-hybridized carbons (Fsp3) is 0.231. The first-order chi connectivity index (χ1) is 9.92. The molecule has 0 aliphatic carbocycles. The fourth-order valence-corrected chi connectivity index (χ4v) is 2.12. The Balaban J connectivity index is 2.55. The second-order valence-electron chi connectivity index (χ2n) is 4.34. The van der Waals surface area contributed by atoms with Gasteiger partial charge in [-0.2, -0.15) is 0 Å². The lowest BCUT2D eigenvalue weighted by atomic mass is 10.2. The number of hydrogen-bond acceptors (Lipinski definition) is 5. The van der Waals surface area contributed by atoms with E-state index in [0.29, 0.717) is 16.3 Å². The molecule has 0 N–H and O–H groups in total. The average molecular weight is 310 g/mol. The van der Waals surface area contributed by atoms with Crippen LogP contribution in [0, 0.1) is 17.0 Å². The van der Waals surface area contributed by atoms with Crippen LogP contribution in [0.25, 0.3) is 0 Å². The summed E-state index contributed by atoms with van der Waals surface area (Å²) in [6, 6.07) is 5.60. The van der Waals surface area contributed by atoms with E-state index < -0.39 is 4.92 Å². The van der Waals surface area contributed by atoms with Gasteiger partial charge in [0.15, 0.2) is 0 Å². The maximum atomic E-state index is 12.0. The summed E-state index contributed by atoms with van der Waals surface area (Å²) in [5.74, 6) is 0. The van der Waals surface area contributed by atoms with E-state index in [1.165, 1.54) is 35.9 Å². The quantitative estimate of drug-likeness (QED) is 0.638. The Kier molecular flexibility index (Phi) is 4.23. The molecule has 0 bridgehead atoms. The van der Waals surface area contributed by atoms with Gasteiger partial charge < -0.3 is 4.74 Å². The second-order valence-corrected chi connectivity index (χ2v) is 4.78. The van der Waals surface area contributed by atoms with Crippen LogP contribution in [0.3, 0.4) is 0 Å². The van der Waals surface area contributed by atoms with Crippen molar-refractivity contribution in [2.75, 3.05) is 7.11 Å². The predicted molar refractivity (Wildman–Crippen MR) is 77.0 cm³/mol. The number of nitrogens with zero attached hydrogens (tertiary/aromatic N) is 3. The summed E-state index contributed by atoms with van der Waals surface area (Å²) >= 11 is 5.87. The van der Waals surface area contributed by atoms with Gasteiger partial charge in [-0.3, -0.25) is 19.5 Å². The van der Waals surface area contributed by atoms with Crippen LogP contribution < -0.4 is 10.3 Å². The Morgan fingerprint density at radius 1 is 1.43 bits per heavy atom. The van der Waals surface area contributed by atoms with Crippen LogP contribution in [-0.4, -0.2) is 21.6 Å². The molecule has 0 fully saturated rings. The lowest BCUT2D eigenvalue weighted by Crippen LogP contribution is -2.23. The maximum absolute atomic E-state index is 12.0. The third-order valence-electron chi connectivity index (χ3n) is 2.85. The molecule has 2 aromatic rings. The van der Waals surface area contributed by atoms with Crippen LogP contribution in [0.4, 0.5) is 5.69 Å². The van der Waals surface area contributed by atoms with Gasteiger partial charge in [-0.25, -0.2) is 4.98 Å². The molecule has 0 aliphatic heterocycles. The fourth-order valence-electron chi connectivity index (χ4n) is 1.92. The highest BCUT2D eigenvalue weighted by atomic mass is 35.5. The Labute approximate surface area is 124 Å². The molecule has 21 heavy (non-hydrogen) atoms. The summed E-state index contributed by atoms with van der Waals surface area (Å²) < 4.78 is 6.27. The van der Waals surface area contributed by atoms with Crippen molar-refractivity contribution < 1.29 is 9.66 Å². The number of halogens is 1. The molecule has 1 aromatic heterocycles. The molecule has 0 spiro atoms. The maximum Gasteiger partial charge on any atom is 0.299 e. The van der Waals surface area contributed by atoms with Gasteiger partial charge in [-0.05, 0) is 19.1 Å². The van der Waals surface area contributed by atoms with E-state index in [1.54, 1.807) is 6.92 Å². The van der Waals surface area contributed by atoms with E-state index in [1.807, 2.05) is 0 Å². The number of nitro benzene ring substituents is 1.